The predicted octanol–water partition coefficient (Wildman–Crippen LogP) is 2.97. The molecule has 1 N–H and O–H groups in total. The Morgan fingerprint density at radius 2 is 1.55 bits per heavy atom. The minimum absolute atomic E-state index is 0.0980. The first-order valence-electron chi connectivity index (χ1n) is 11.0. The van der Waals surface area contributed by atoms with Crippen molar-refractivity contribution >= 4 is 23.9 Å². The predicted molar refractivity (Wildman–Crippen MR) is 121 cm³/mol. The molecule has 0 fully saturated rings. The Hall–Kier alpha value is -2.94. The molecular formula is C24H35NO8. The molecule has 33 heavy (non-hydrogen) atoms. The molecule has 9 nitrogen and oxygen atoms in total. The second-order valence-electron chi connectivity index (χ2n) is 8.63. The van der Waals surface area contributed by atoms with E-state index >= 15 is 0 Å². The van der Waals surface area contributed by atoms with Crippen molar-refractivity contribution in [3.8, 4) is 11.5 Å². The largest absolute Gasteiger partial charge is 0.468 e. The first-order valence-corrected chi connectivity index (χ1v) is 11.0. The number of esters is 4. The first-order chi connectivity index (χ1) is 15.5. The summed E-state index contributed by atoms with van der Waals surface area (Å²) in [5.74, 6) is -1.53. The zero-order chi connectivity index (χ0) is 25.0. The van der Waals surface area contributed by atoms with E-state index in [1.807, 2.05) is 20.8 Å². The van der Waals surface area contributed by atoms with E-state index in [2.05, 4.69) is 5.32 Å². The van der Waals surface area contributed by atoms with Gasteiger partial charge in [0, 0.05) is 19.4 Å². The molecule has 0 saturated carbocycles. The average molecular weight is 466 g/mol. The van der Waals surface area contributed by atoms with Gasteiger partial charge in [0.25, 0.3) is 0 Å². The molecule has 0 heterocycles. The molecule has 0 unspecified atom stereocenters. The van der Waals surface area contributed by atoms with Crippen molar-refractivity contribution < 1.29 is 38.1 Å². The summed E-state index contributed by atoms with van der Waals surface area (Å²) in [6, 6.07) is 4.01. The van der Waals surface area contributed by atoms with Gasteiger partial charge in [-0.3, -0.25) is 19.2 Å². The maximum Gasteiger partial charge on any atom is 0.323 e. The molecule has 0 aliphatic heterocycles. The van der Waals surface area contributed by atoms with E-state index in [0.717, 1.165) is 0 Å². The Balaban J connectivity index is 2.87. The van der Waals surface area contributed by atoms with Crippen LogP contribution in [0.25, 0.3) is 0 Å². The molecule has 0 radical (unpaired) electrons. The first kappa shape index (κ1) is 28.1. The monoisotopic (exact) mass is 465 g/mol. The average Bonchev–Trinajstić information content (AvgIpc) is 2.75. The lowest BCUT2D eigenvalue weighted by Crippen LogP contribution is -2.41. The smallest absolute Gasteiger partial charge is 0.323 e. The second-order valence-corrected chi connectivity index (χ2v) is 8.63. The Bertz CT molecular complexity index is 828. The lowest BCUT2D eigenvalue weighted by Gasteiger charge is -2.19. The summed E-state index contributed by atoms with van der Waals surface area (Å²) in [5, 5.41) is 3.02. The number of benzene rings is 1. The van der Waals surface area contributed by atoms with Crippen LogP contribution >= 0.6 is 0 Å². The fourth-order valence-corrected chi connectivity index (χ4v) is 2.73. The van der Waals surface area contributed by atoms with E-state index in [-0.39, 0.29) is 55.3 Å². The van der Waals surface area contributed by atoms with Gasteiger partial charge < -0.3 is 24.3 Å². The summed E-state index contributed by atoms with van der Waals surface area (Å²) in [4.78, 5) is 47.6. The highest BCUT2D eigenvalue weighted by atomic mass is 16.6. The number of carbonyl (C=O) groups excluding carboxylic acids is 4. The standard InChI is InChI=1S/C24H35NO8/c1-7-20(26)32-18-10-9-16(14-19(18)33-21(27)8-2)13-17(23(29)30-6)25-11-12-31-22(28)15-24(3,4)5/h9-10,14,17,25H,7-8,11-13,15H2,1-6H3/t17-/m0/s1. The number of hydrogen-bond acceptors (Lipinski definition) is 9. The molecule has 184 valence electrons. The Morgan fingerprint density at radius 3 is 2.09 bits per heavy atom. The van der Waals surface area contributed by atoms with E-state index in [9.17, 15) is 19.2 Å². The van der Waals surface area contributed by atoms with Crippen molar-refractivity contribution in [2.45, 2.75) is 66.3 Å². The van der Waals surface area contributed by atoms with Crippen LogP contribution in [0.5, 0.6) is 11.5 Å². The lowest BCUT2D eigenvalue weighted by molar-refractivity contribution is -0.145. The van der Waals surface area contributed by atoms with Crippen LogP contribution in [0.2, 0.25) is 0 Å². The summed E-state index contributed by atoms with van der Waals surface area (Å²) in [6.45, 7) is 9.49. The number of ether oxygens (including phenoxy) is 4. The molecular weight excluding hydrogens is 430 g/mol. The van der Waals surface area contributed by atoms with Crippen LogP contribution in [0, 0.1) is 5.41 Å². The Kier molecular flexibility index (Phi) is 11.6. The van der Waals surface area contributed by atoms with Crippen molar-refractivity contribution in [3.63, 3.8) is 0 Å². The van der Waals surface area contributed by atoms with Crippen LogP contribution in [-0.2, 0) is 35.1 Å². The van der Waals surface area contributed by atoms with Gasteiger partial charge in [0.15, 0.2) is 11.5 Å². The molecule has 0 aromatic heterocycles. The summed E-state index contributed by atoms with van der Waals surface area (Å²) >= 11 is 0. The number of hydrogen-bond donors (Lipinski definition) is 1. The third-order valence-corrected chi connectivity index (χ3v) is 4.39. The molecule has 1 aromatic rings. The molecule has 9 heteroatoms. The van der Waals surface area contributed by atoms with Gasteiger partial charge in [-0.05, 0) is 29.5 Å². The summed E-state index contributed by atoms with van der Waals surface area (Å²) in [7, 11) is 1.28. The van der Waals surface area contributed by atoms with Crippen molar-refractivity contribution in [1.82, 2.24) is 5.32 Å². The SMILES string of the molecule is CCC(=O)Oc1ccc(C[C@H](NCCOC(=O)CC(C)(C)C)C(=O)OC)cc1OC(=O)CC. The highest BCUT2D eigenvalue weighted by Gasteiger charge is 2.22. The molecule has 1 aromatic carbocycles. The Morgan fingerprint density at radius 1 is 0.939 bits per heavy atom. The van der Waals surface area contributed by atoms with Crippen molar-refractivity contribution in [1.29, 1.82) is 0 Å². The van der Waals surface area contributed by atoms with Crippen molar-refractivity contribution in [3.05, 3.63) is 23.8 Å². The van der Waals surface area contributed by atoms with E-state index < -0.39 is 23.9 Å². The molecule has 0 aliphatic rings. The van der Waals surface area contributed by atoms with Gasteiger partial charge in [-0.25, -0.2) is 0 Å². The molecule has 1 atom stereocenters. The molecule has 1 rings (SSSR count). The van der Waals surface area contributed by atoms with Crippen LogP contribution in [0.15, 0.2) is 18.2 Å². The highest BCUT2D eigenvalue weighted by Crippen LogP contribution is 2.30. The zero-order valence-corrected chi connectivity index (χ0v) is 20.3. The molecule has 0 saturated heterocycles. The van der Waals surface area contributed by atoms with Crippen LogP contribution < -0.4 is 14.8 Å². The van der Waals surface area contributed by atoms with Gasteiger partial charge in [-0.1, -0.05) is 40.7 Å². The maximum absolute atomic E-state index is 12.2. The molecule has 0 bridgehead atoms. The lowest BCUT2D eigenvalue weighted by atomic mass is 9.93. The topological polar surface area (TPSA) is 117 Å². The fourth-order valence-electron chi connectivity index (χ4n) is 2.73. The van der Waals surface area contributed by atoms with Crippen LogP contribution in [0.3, 0.4) is 0 Å². The van der Waals surface area contributed by atoms with E-state index in [0.29, 0.717) is 12.0 Å². The van der Waals surface area contributed by atoms with Crippen molar-refractivity contribution in [2.24, 2.45) is 5.41 Å². The Labute approximate surface area is 195 Å². The number of carbonyl (C=O) groups is 4. The van der Waals surface area contributed by atoms with Gasteiger partial charge in [-0.15, -0.1) is 0 Å². The molecule has 0 aliphatic carbocycles. The summed E-state index contributed by atoms with van der Waals surface area (Å²) in [6.07, 6.45) is 0.812. The van der Waals surface area contributed by atoms with Gasteiger partial charge >= 0.3 is 23.9 Å². The summed E-state index contributed by atoms with van der Waals surface area (Å²) in [5.41, 5.74) is 0.480. The highest BCUT2D eigenvalue weighted by molar-refractivity contribution is 5.77. The molecule has 0 amide bonds. The van der Waals surface area contributed by atoms with Gasteiger partial charge in [0.05, 0.1) is 13.5 Å². The number of methoxy groups -OCH3 is 1. The van der Waals surface area contributed by atoms with Gasteiger partial charge in [0.1, 0.15) is 12.6 Å². The van der Waals surface area contributed by atoms with Crippen LogP contribution in [0.1, 0.15) is 59.4 Å². The normalized spacial score (nSPS) is 11.9. The second kappa shape index (κ2) is 13.6. The van der Waals surface area contributed by atoms with Crippen LogP contribution in [-0.4, -0.2) is 50.2 Å². The van der Waals surface area contributed by atoms with Crippen LogP contribution in [0.4, 0.5) is 0 Å². The van der Waals surface area contributed by atoms with Gasteiger partial charge in [-0.2, -0.15) is 0 Å². The fraction of sp³-hybridized carbons (Fsp3) is 0.583. The summed E-state index contributed by atoms with van der Waals surface area (Å²) < 4.78 is 20.6. The van der Waals surface area contributed by atoms with Gasteiger partial charge in [0.2, 0.25) is 0 Å². The maximum atomic E-state index is 12.2. The van der Waals surface area contributed by atoms with E-state index in [1.165, 1.54) is 13.2 Å². The number of nitrogens with one attached hydrogen (secondary N) is 1. The minimum Gasteiger partial charge on any atom is -0.468 e. The number of rotatable bonds is 12. The van der Waals surface area contributed by atoms with E-state index in [4.69, 9.17) is 18.9 Å². The third kappa shape index (κ3) is 11.0. The zero-order valence-electron chi connectivity index (χ0n) is 20.3. The van der Waals surface area contributed by atoms with Crippen molar-refractivity contribution in [2.75, 3.05) is 20.3 Å². The quantitative estimate of drug-likeness (QED) is 0.282. The third-order valence-electron chi connectivity index (χ3n) is 4.39. The minimum atomic E-state index is -0.727. The van der Waals surface area contributed by atoms with E-state index in [1.54, 1.807) is 26.0 Å². The molecule has 0 spiro atoms.